The van der Waals surface area contributed by atoms with E-state index in [-0.39, 0.29) is 6.61 Å². The first kappa shape index (κ1) is 7.57. The number of para-hydroxylation sites is 1. The fourth-order valence-corrected chi connectivity index (χ4v) is 1.14. The van der Waals surface area contributed by atoms with E-state index in [4.69, 9.17) is 5.11 Å². The second kappa shape index (κ2) is 3.58. The van der Waals surface area contributed by atoms with Crippen molar-refractivity contribution in [3.63, 3.8) is 0 Å². The minimum Gasteiger partial charge on any atom is -0.392 e. The van der Waals surface area contributed by atoms with E-state index in [2.05, 4.69) is 20.5 Å². The van der Waals surface area contributed by atoms with Crippen LogP contribution in [0.25, 0.3) is 0 Å². The van der Waals surface area contributed by atoms with Gasteiger partial charge in [0.2, 0.25) is 0 Å². The molecule has 0 saturated carbocycles. The number of nitrogens with one attached hydrogen (secondary N) is 1. The summed E-state index contributed by atoms with van der Waals surface area (Å²) in [7, 11) is 0. The van der Waals surface area contributed by atoms with Crippen molar-refractivity contribution < 1.29 is 5.11 Å². The van der Waals surface area contributed by atoms with Gasteiger partial charge in [0.25, 0.3) is 0 Å². The lowest BCUT2D eigenvalue weighted by Gasteiger charge is -2.02. The molecule has 0 aliphatic rings. The largest absolute Gasteiger partial charge is 0.392 e. The molecule has 0 unspecified atom stereocenters. The number of rotatable bonds is 2. The molecule has 0 heterocycles. The molecule has 3 heteroatoms. The van der Waals surface area contributed by atoms with Crippen LogP contribution in [0.5, 0.6) is 0 Å². The number of aliphatic hydroxyl groups excluding tert-OH is 1. The predicted octanol–water partition coefficient (Wildman–Crippen LogP) is 1.90. The van der Waals surface area contributed by atoms with Gasteiger partial charge in [0.15, 0.2) is 0 Å². The first-order valence-corrected chi connectivity index (χ1v) is 3.73. The molecule has 0 aliphatic heterocycles. The molecule has 54 valence electrons. The zero-order valence-electron chi connectivity index (χ0n) is 5.34. The van der Waals surface area contributed by atoms with Gasteiger partial charge in [-0.05, 0) is 6.07 Å². The van der Waals surface area contributed by atoms with Crippen LogP contribution in [0.2, 0.25) is 0 Å². The van der Waals surface area contributed by atoms with Gasteiger partial charge in [-0.25, -0.2) is 0 Å². The predicted molar refractivity (Wildman–Crippen MR) is 44.9 cm³/mol. The summed E-state index contributed by atoms with van der Waals surface area (Å²) in [6.45, 7) is 0.0643. The highest BCUT2D eigenvalue weighted by molar-refractivity contribution is 9.10. The Labute approximate surface area is 68.2 Å². The van der Waals surface area contributed by atoms with E-state index in [9.17, 15) is 0 Å². The van der Waals surface area contributed by atoms with Gasteiger partial charge in [-0.1, -0.05) is 18.2 Å². The molecule has 0 fully saturated rings. The Hall–Kier alpha value is -0.540. The highest BCUT2D eigenvalue weighted by atomic mass is 79.9. The lowest BCUT2D eigenvalue weighted by Crippen LogP contribution is -1.88. The maximum absolute atomic E-state index is 8.79. The van der Waals surface area contributed by atoms with Gasteiger partial charge in [0, 0.05) is 27.4 Å². The molecule has 0 spiro atoms. The summed E-state index contributed by atoms with van der Waals surface area (Å²) in [4.78, 5) is 0. The first-order chi connectivity index (χ1) is 4.88. The van der Waals surface area contributed by atoms with Crippen LogP contribution in [0, 0.1) is 0 Å². The SMILES string of the molecule is OCc1ccccc1NBr. The Balaban J connectivity index is 2.96. The highest BCUT2D eigenvalue weighted by Crippen LogP contribution is 2.15. The van der Waals surface area contributed by atoms with E-state index < -0.39 is 0 Å². The van der Waals surface area contributed by atoms with Crippen LogP contribution in [0.4, 0.5) is 5.69 Å². The molecule has 1 aromatic rings. The maximum atomic E-state index is 8.79. The van der Waals surface area contributed by atoms with Gasteiger partial charge in [-0.3, -0.25) is 0 Å². The normalized spacial score (nSPS) is 9.40. The Morgan fingerprint density at radius 3 is 2.60 bits per heavy atom. The van der Waals surface area contributed by atoms with E-state index in [1.807, 2.05) is 24.3 Å². The van der Waals surface area contributed by atoms with E-state index in [0.717, 1.165) is 11.3 Å². The summed E-state index contributed by atoms with van der Waals surface area (Å²) in [5, 5.41) is 8.79. The lowest BCUT2D eigenvalue weighted by molar-refractivity contribution is 0.282. The Bertz CT molecular complexity index is 192. The average molecular weight is 202 g/mol. The van der Waals surface area contributed by atoms with Crippen LogP contribution in [0.15, 0.2) is 24.3 Å². The third-order valence-electron chi connectivity index (χ3n) is 1.29. The number of anilines is 1. The molecule has 0 aromatic heterocycles. The van der Waals surface area contributed by atoms with Crippen molar-refractivity contribution in [3.8, 4) is 0 Å². The molecule has 2 N–H and O–H groups in total. The van der Waals surface area contributed by atoms with Crippen LogP contribution in [0.1, 0.15) is 5.56 Å². The van der Waals surface area contributed by atoms with E-state index >= 15 is 0 Å². The minimum absolute atomic E-state index is 0.0643. The smallest absolute Gasteiger partial charge is 0.0702 e. The van der Waals surface area contributed by atoms with Crippen LogP contribution in [-0.2, 0) is 6.61 Å². The second-order valence-corrected chi connectivity index (χ2v) is 2.31. The monoisotopic (exact) mass is 201 g/mol. The van der Waals surface area contributed by atoms with Crippen molar-refractivity contribution in [1.82, 2.24) is 0 Å². The third kappa shape index (κ3) is 1.49. The summed E-state index contributed by atoms with van der Waals surface area (Å²) < 4.78 is 2.80. The topological polar surface area (TPSA) is 32.3 Å². The van der Waals surface area contributed by atoms with Crippen molar-refractivity contribution in [2.24, 2.45) is 0 Å². The zero-order valence-corrected chi connectivity index (χ0v) is 6.93. The molecule has 0 amide bonds. The summed E-state index contributed by atoms with van der Waals surface area (Å²) in [6, 6.07) is 7.55. The van der Waals surface area contributed by atoms with Gasteiger partial charge >= 0.3 is 0 Å². The molecule has 1 rings (SSSR count). The average Bonchev–Trinajstić information content (AvgIpc) is 2.04. The van der Waals surface area contributed by atoms with Gasteiger partial charge in [0.05, 0.1) is 6.61 Å². The first-order valence-electron chi connectivity index (χ1n) is 2.94. The number of hydrogen-bond acceptors (Lipinski definition) is 2. The number of benzene rings is 1. The van der Waals surface area contributed by atoms with Crippen molar-refractivity contribution in [2.75, 3.05) is 4.34 Å². The molecule has 0 aliphatic carbocycles. The van der Waals surface area contributed by atoms with Crippen molar-refractivity contribution in [3.05, 3.63) is 29.8 Å². The molecule has 10 heavy (non-hydrogen) atoms. The van der Waals surface area contributed by atoms with Crippen molar-refractivity contribution >= 4 is 21.8 Å². The van der Waals surface area contributed by atoms with Gasteiger partial charge in [0.1, 0.15) is 0 Å². The Morgan fingerprint density at radius 1 is 1.40 bits per heavy atom. The molecular weight excluding hydrogens is 194 g/mol. The highest BCUT2D eigenvalue weighted by Gasteiger charge is 1.95. The fraction of sp³-hybridized carbons (Fsp3) is 0.143. The zero-order chi connectivity index (χ0) is 7.40. The third-order valence-corrected chi connectivity index (χ3v) is 1.72. The maximum Gasteiger partial charge on any atom is 0.0702 e. The summed E-state index contributed by atoms with van der Waals surface area (Å²) >= 11 is 3.09. The number of halogens is 1. The van der Waals surface area contributed by atoms with Crippen molar-refractivity contribution in [1.29, 1.82) is 0 Å². The molecular formula is C7H8BrNO. The molecule has 0 radical (unpaired) electrons. The molecule has 1 aromatic carbocycles. The molecule has 0 bridgehead atoms. The van der Waals surface area contributed by atoms with E-state index in [0.29, 0.717) is 0 Å². The molecule has 0 atom stereocenters. The number of hydrogen-bond donors (Lipinski definition) is 2. The summed E-state index contributed by atoms with van der Waals surface area (Å²) in [5.74, 6) is 0. The standard InChI is InChI=1S/C7H8BrNO/c8-9-7-4-2-1-3-6(7)5-10/h1-4,9-10H,5H2. The van der Waals surface area contributed by atoms with Crippen LogP contribution in [-0.4, -0.2) is 5.11 Å². The van der Waals surface area contributed by atoms with E-state index in [1.54, 1.807) is 0 Å². The van der Waals surface area contributed by atoms with E-state index in [1.165, 1.54) is 0 Å². The Morgan fingerprint density at radius 2 is 2.10 bits per heavy atom. The summed E-state index contributed by atoms with van der Waals surface area (Å²) in [6.07, 6.45) is 0. The van der Waals surface area contributed by atoms with Gasteiger partial charge in [-0.15, -0.1) is 0 Å². The minimum atomic E-state index is 0.0643. The quantitative estimate of drug-likeness (QED) is 0.717. The fourth-order valence-electron chi connectivity index (χ4n) is 0.750. The number of aliphatic hydroxyl groups is 1. The van der Waals surface area contributed by atoms with Crippen LogP contribution < -0.4 is 4.34 Å². The second-order valence-electron chi connectivity index (χ2n) is 1.91. The van der Waals surface area contributed by atoms with Crippen molar-refractivity contribution in [2.45, 2.75) is 6.61 Å². The molecule has 0 saturated heterocycles. The van der Waals surface area contributed by atoms with Crippen LogP contribution in [0.3, 0.4) is 0 Å². The summed E-state index contributed by atoms with van der Waals surface area (Å²) in [5.41, 5.74) is 1.80. The molecule has 2 nitrogen and oxygen atoms in total. The lowest BCUT2D eigenvalue weighted by atomic mass is 10.2. The Kier molecular flexibility index (Phi) is 2.71. The van der Waals surface area contributed by atoms with Gasteiger partial charge in [-0.2, -0.15) is 0 Å². The van der Waals surface area contributed by atoms with Crippen LogP contribution >= 0.6 is 16.1 Å². The van der Waals surface area contributed by atoms with Gasteiger partial charge < -0.3 is 9.45 Å².